The van der Waals surface area contributed by atoms with Gasteiger partial charge >= 0.3 is 0 Å². The Kier molecular flexibility index (Phi) is 3.30. The van der Waals surface area contributed by atoms with Crippen LogP contribution in [0.5, 0.6) is 5.75 Å². The van der Waals surface area contributed by atoms with Gasteiger partial charge in [-0.3, -0.25) is 0 Å². The Hall–Kier alpha value is -2.47. The molecule has 0 aliphatic carbocycles. The van der Waals surface area contributed by atoms with Gasteiger partial charge in [0.1, 0.15) is 11.8 Å². The van der Waals surface area contributed by atoms with Crippen molar-refractivity contribution >= 4 is 5.69 Å². The van der Waals surface area contributed by atoms with E-state index in [0.717, 1.165) is 30.0 Å². The SMILES string of the molecule is COc1ccc(N2CCc3ccccc3C2C#N)cc1. The highest BCUT2D eigenvalue weighted by molar-refractivity contribution is 5.55. The molecule has 0 aromatic heterocycles. The van der Waals surface area contributed by atoms with E-state index in [1.165, 1.54) is 5.56 Å². The standard InChI is InChI=1S/C17H16N2O/c1-20-15-8-6-14(7-9-15)19-11-10-13-4-2-3-5-16(13)17(19)12-18/h2-9,17H,10-11H2,1H3. The molecule has 0 saturated heterocycles. The highest BCUT2D eigenvalue weighted by Crippen LogP contribution is 2.33. The number of nitrogens with zero attached hydrogens (tertiary/aromatic N) is 2. The lowest BCUT2D eigenvalue weighted by atomic mass is 9.93. The molecule has 0 N–H and O–H groups in total. The molecule has 2 aromatic carbocycles. The predicted octanol–water partition coefficient (Wildman–Crippen LogP) is 3.32. The lowest BCUT2D eigenvalue weighted by molar-refractivity contribution is 0.415. The van der Waals surface area contributed by atoms with Crippen LogP contribution in [0.1, 0.15) is 17.2 Å². The van der Waals surface area contributed by atoms with Crippen molar-refractivity contribution in [3.05, 3.63) is 59.7 Å². The van der Waals surface area contributed by atoms with Gasteiger partial charge in [-0.2, -0.15) is 5.26 Å². The molecular weight excluding hydrogens is 248 g/mol. The fourth-order valence-electron chi connectivity index (χ4n) is 2.76. The maximum Gasteiger partial charge on any atom is 0.142 e. The third-order valence-corrected chi connectivity index (χ3v) is 3.81. The van der Waals surface area contributed by atoms with Crippen LogP contribution in [0.4, 0.5) is 5.69 Å². The number of anilines is 1. The normalized spacial score (nSPS) is 17.2. The summed E-state index contributed by atoms with van der Waals surface area (Å²) in [5, 5.41) is 9.55. The minimum Gasteiger partial charge on any atom is -0.497 e. The van der Waals surface area contributed by atoms with Crippen LogP contribution in [-0.2, 0) is 6.42 Å². The first-order valence-corrected chi connectivity index (χ1v) is 6.71. The molecule has 0 saturated carbocycles. The van der Waals surface area contributed by atoms with Gasteiger partial charge in [-0.15, -0.1) is 0 Å². The molecule has 0 radical (unpaired) electrons. The Bertz CT molecular complexity index is 643. The quantitative estimate of drug-likeness (QED) is 0.834. The summed E-state index contributed by atoms with van der Waals surface area (Å²) in [5.41, 5.74) is 3.47. The highest BCUT2D eigenvalue weighted by Gasteiger charge is 2.26. The first kappa shape index (κ1) is 12.6. The third-order valence-electron chi connectivity index (χ3n) is 3.81. The Balaban J connectivity index is 1.96. The second-order valence-electron chi connectivity index (χ2n) is 4.87. The van der Waals surface area contributed by atoms with Crippen LogP contribution < -0.4 is 9.64 Å². The first-order valence-electron chi connectivity index (χ1n) is 6.71. The maximum atomic E-state index is 9.55. The van der Waals surface area contributed by atoms with Gasteiger partial charge < -0.3 is 9.64 Å². The average molecular weight is 264 g/mol. The van der Waals surface area contributed by atoms with Gasteiger partial charge in [0.05, 0.1) is 13.2 Å². The molecule has 1 unspecified atom stereocenters. The third kappa shape index (κ3) is 2.10. The van der Waals surface area contributed by atoms with E-state index in [1.54, 1.807) is 7.11 Å². The number of methoxy groups -OCH3 is 1. The van der Waals surface area contributed by atoms with Crippen LogP contribution in [0.25, 0.3) is 0 Å². The van der Waals surface area contributed by atoms with Crippen molar-refractivity contribution in [3.8, 4) is 11.8 Å². The van der Waals surface area contributed by atoms with Crippen LogP contribution in [0, 0.1) is 11.3 Å². The molecule has 2 aromatic rings. The molecule has 0 fully saturated rings. The van der Waals surface area contributed by atoms with Crippen molar-refractivity contribution in [3.63, 3.8) is 0 Å². The number of nitriles is 1. The summed E-state index contributed by atoms with van der Waals surface area (Å²) in [7, 11) is 1.66. The second-order valence-corrected chi connectivity index (χ2v) is 4.87. The van der Waals surface area contributed by atoms with Crippen LogP contribution in [-0.4, -0.2) is 13.7 Å². The summed E-state index contributed by atoms with van der Waals surface area (Å²) in [4.78, 5) is 2.15. The van der Waals surface area contributed by atoms with Crippen molar-refractivity contribution in [1.29, 1.82) is 5.26 Å². The van der Waals surface area contributed by atoms with E-state index in [4.69, 9.17) is 4.74 Å². The lowest BCUT2D eigenvalue weighted by Gasteiger charge is -2.35. The van der Waals surface area contributed by atoms with Gasteiger partial charge in [0.15, 0.2) is 0 Å². The van der Waals surface area contributed by atoms with Crippen molar-refractivity contribution in [2.45, 2.75) is 12.5 Å². The van der Waals surface area contributed by atoms with Gasteiger partial charge in [-0.05, 0) is 41.8 Å². The summed E-state index contributed by atoms with van der Waals surface area (Å²) < 4.78 is 5.18. The molecule has 1 aliphatic heterocycles. The van der Waals surface area contributed by atoms with E-state index < -0.39 is 0 Å². The van der Waals surface area contributed by atoms with Crippen molar-refractivity contribution in [2.24, 2.45) is 0 Å². The van der Waals surface area contributed by atoms with Crippen LogP contribution in [0.3, 0.4) is 0 Å². The van der Waals surface area contributed by atoms with Crippen molar-refractivity contribution in [1.82, 2.24) is 0 Å². The van der Waals surface area contributed by atoms with Gasteiger partial charge in [-0.1, -0.05) is 24.3 Å². The fourth-order valence-corrected chi connectivity index (χ4v) is 2.76. The smallest absolute Gasteiger partial charge is 0.142 e. The Morgan fingerprint density at radius 2 is 1.90 bits per heavy atom. The number of ether oxygens (including phenoxy) is 1. The summed E-state index contributed by atoms with van der Waals surface area (Å²) in [6.07, 6.45) is 0.973. The molecular formula is C17H16N2O. The van der Waals surface area contributed by atoms with Crippen LogP contribution in [0.2, 0.25) is 0 Å². The molecule has 1 aliphatic rings. The first-order chi connectivity index (χ1) is 9.83. The largest absolute Gasteiger partial charge is 0.497 e. The fraction of sp³-hybridized carbons (Fsp3) is 0.235. The van der Waals surface area contributed by atoms with E-state index >= 15 is 0 Å². The summed E-state index contributed by atoms with van der Waals surface area (Å²) in [5.74, 6) is 0.833. The molecule has 0 spiro atoms. The summed E-state index contributed by atoms with van der Waals surface area (Å²) >= 11 is 0. The molecule has 1 atom stereocenters. The highest BCUT2D eigenvalue weighted by atomic mass is 16.5. The zero-order valence-corrected chi connectivity index (χ0v) is 11.4. The van der Waals surface area contributed by atoms with Crippen LogP contribution >= 0.6 is 0 Å². The van der Waals surface area contributed by atoms with Gasteiger partial charge in [0.2, 0.25) is 0 Å². The second kappa shape index (κ2) is 5.26. The number of hydrogen-bond acceptors (Lipinski definition) is 3. The minimum absolute atomic E-state index is 0.214. The average Bonchev–Trinajstić information content (AvgIpc) is 2.54. The summed E-state index contributed by atoms with van der Waals surface area (Å²) in [6.45, 7) is 0.863. The number of benzene rings is 2. The topological polar surface area (TPSA) is 36.3 Å². The predicted molar refractivity (Wildman–Crippen MR) is 78.8 cm³/mol. The molecule has 3 rings (SSSR count). The van der Waals surface area contributed by atoms with Crippen LogP contribution in [0.15, 0.2) is 48.5 Å². The van der Waals surface area contributed by atoms with E-state index in [9.17, 15) is 5.26 Å². The van der Waals surface area contributed by atoms with Gasteiger partial charge in [0.25, 0.3) is 0 Å². The van der Waals surface area contributed by atoms with Crippen molar-refractivity contribution < 1.29 is 4.74 Å². The lowest BCUT2D eigenvalue weighted by Crippen LogP contribution is -2.34. The molecule has 1 heterocycles. The number of fused-ring (bicyclic) bond motifs is 1. The summed E-state index contributed by atoms with van der Waals surface area (Å²) in [6, 6.07) is 18.3. The molecule has 20 heavy (non-hydrogen) atoms. The van der Waals surface area contributed by atoms with E-state index in [0.29, 0.717) is 0 Å². The van der Waals surface area contributed by atoms with E-state index in [-0.39, 0.29) is 6.04 Å². The Morgan fingerprint density at radius 1 is 1.15 bits per heavy atom. The molecule has 0 bridgehead atoms. The molecule has 3 heteroatoms. The Morgan fingerprint density at radius 3 is 2.60 bits per heavy atom. The number of rotatable bonds is 2. The molecule has 0 amide bonds. The zero-order valence-electron chi connectivity index (χ0n) is 11.4. The van der Waals surface area contributed by atoms with Gasteiger partial charge in [-0.25, -0.2) is 0 Å². The Labute approximate surface area is 119 Å². The zero-order chi connectivity index (χ0) is 13.9. The molecule has 3 nitrogen and oxygen atoms in total. The van der Waals surface area contributed by atoms with E-state index in [1.807, 2.05) is 36.4 Å². The molecule has 100 valence electrons. The maximum absolute atomic E-state index is 9.55. The van der Waals surface area contributed by atoms with Crippen molar-refractivity contribution in [2.75, 3.05) is 18.6 Å². The minimum atomic E-state index is -0.214. The number of hydrogen-bond donors (Lipinski definition) is 0. The van der Waals surface area contributed by atoms with Gasteiger partial charge in [0, 0.05) is 12.2 Å². The van der Waals surface area contributed by atoms with E-state index in [2.05, 4.69) is 23.1 Å². The monoisotopic (exact) mass is 264 g/mol.